The maximum absolute atomic E-state index is 13.9. The molecule has 9 rings (SSSR count). The van der Waals surface area contributed by atoms with Gasteiger partial charge in [0.15, 0.2) is 5.75 Å². The molecule has 1 saturated heterocycles. The first kappa shape index (κ1) is 40.8. The van der Waals surface area contributed by atoms with Gasteiger partial charge in [-0.25, -0.2) is 18.1 Å². The molecular formula is C47H51N5O8S. The summed E-state index contributed by atoms with van der Waals surface area (Å²) in [5.74, 6) is 0.257. The molecule has 14 heteroatoms. The molecule has 1 aliphatic heterocycles. The molecular weight excluding hydrogens is 795 g/mol. The number of sulfonamides is 1. The first-order valence-electron chi connectivity index (χ1n) is 21.4. The number of likely N-dealkylation sites (tertiary alicyclic amines) is 1. The molecule has 3 aromatic carbocycles. The van der Waals surface area contributed by atoms with Crippen LogP contribution in [0, 0.1) is 16.0 Å². The number of benzene rings is 3. The van der Waals surface area contributed by atoms with Crippen LogP contribution >= 0.6 is 0 Å². The van der Waals surface area contributed by atoms with Gasteiger partial charge in [-0.2, -0.15) is 0 Å². The van der Waals surface area contributed by atoms with Crippen LogP contribution in [0.4, 0.5) is 5.69 Å². The molecule has 318 valence electrons. The second kappa shape index (κ2) is 16.7. The Labute approximate surface area is 355 Å². The average Bonchev–Trinajstić information content (AvgIpc) is 3.79. The van der Waals surface area contributed by atoms with Crippen molar-refractivity contribution in [1.29, 1.82) is 0 Å². The molecule has 3 fully saturated rings. The van der Waals surface area contributed by atoms with Gasteiger partial charge in [0.25, 0.3) is 15.9 Å². The Morgan fingerprint density at radius 1 is 1.00 bits per heavy atom. The van der Waals surface area contributed by atoms with Crippen LogP contribution in [0.25, 0.3) is 16.6 Å². The van der Waals surface area contributed by atoms with Crippen LogP contribution in [-0.2, 0) is 10.0 Å². The highest BCUT2D eigenvalue weighted by atomic mass is 32.2. The Morgan fingerprint density at radius 2 is 1.80 bits per heavy atom. The molecule has 2 atom stereocenters. The third-order valence-corrected chi connectivity index (χ3v) is 14.4. The second-order valence-electron chi connectivity index (χ2n) is 17.4. The summed E-state index contributed by atoms with van der Waals surface area (Å²) in [6.07, 6.45) is 15.8. The molecule has 4 aliphatic rings. The number of H-pyrrole nitrogens is 1. The highest BCUT2D eigenvalue weighted by Crippen LogP contribution is 2.47. The molecule has 0 spiro atoms. The zero-order chi connectivity index (χ0) is 42.3. The van der Waals surface area contributed by atoms with E-state index in [1.807, 2.05) is 12.1 Å². The maximum atomic E-state index is 13.9. The molecule has 0 bridgehead atoms. The molecule has 5 aromatic rings. The van der Waals surface area contributed by atoms with Crippen molar-refractivity contribution in [3.8, 4) is 17.2 Å². The van der Waals surface area contributed by atoms with E-state index < -0.39 is 37.0 Å². The van der Waals surface area contributed by atoms with Gasteiger partial charge in [-0.05, 0) is 155 Å². The van der Waals surface area contributed by atoms with Crippen LogP contribution in [0.15, 0.2) is 96.2 Å². The normalized spacial score (nSPS) is 23.4. The molecule has 3 N–H and O–H groups in total. The highest BCUT2D eigenvalue weighted by Gasteiger charge is 2.36. The minimum atomic E-state index is -4.59. The molecule has 0 radical (unpaired) electrons. The number of aromatic amines is 1. The number of nitrogens with zero attached hydrogens (tertiary/aromatic N) is 3. The molecule has 2 aromatic heterocycles. The number of amides is 1. The fraction of sp³-hybridized carbons (Fsp3) is 0.404. The predicted octanol–water partition coefficient (Wildman–Crippen LogP) is 9.35. The molecule has 61 heavy (non-hydrogen) atoms. The number of aliphatic hydroxyl groups is 1. The van der Waals surface area contributed by atoms with E-state index in [9.17, 15) is 28.4 Å². The smallest absolute Gasteiger partial charge is 0.312 e. The van der Waals surface area contributed by atoms with Crippen molar-refractivity contribution in [3.63, 3.8) is 0 Å². The zero-order valence-corrected chi connectivity index (χ0v) is 35.0. The van der Waals surface area contributed by atoms with E-state index in [-0.39, 0.29) is 29.6 Å². The topological polar surface area (TPSA) is 177 Å². The Morgan fingerprint density at radius 3 is 2.56 bits per heavy atom. The van der Waals surface area contributed by atoms with E-state index in [1.54, 1.807) is 31.3 Å². The Hall–Kier alpha value is -5.57. The van der Waals surface area contributed by atoms with Crippen molar-refractivity contribution >= 4 is 38.2 Å². The number of nitro benzene ring substituents is 1. The number of allylic oxidation sites excluding steroid dienone is 1. The molecule has 1 unspecified atom stereocenters. The van der Waals surface area contributed by atoms with E-state index in [1.165, 1.54) is 55.1 Å². The van der Waals surface area contributed by atoms with Crippen LogP contribution in [0.1, 0.15) is 117 Å². The molecule has 2 saturated carbocycles. The summed E-state index contributed by atoms with van der Waals surface area (Å²) >= 11 is 0. The fourth-order valence-electron chi connectivity index (χ4n) is 9.46. The van der Waals surface area contributed by atoms with Gasteiger partial charge >= 0.3 is 5.69 Å². The van der Waals surface area contributed by atoms with Gasteiger partial charge in [0.05, 0.1) is 33.8 Å². The lowest BCUT2D eigenvalue weighted by Crippen LogP contribution is -2.36. The van der Waals surface area contributed by atoms with Gasteiger partial charge in [-0.3, -0.25) is 19.8 Å². The van der Waals surface area contributed by atoms with Gasteiger partial charge < -0.3 is 19.6 Å². The van der Waals surface area contributed by atoms with Crippen LogP contribution < -0.4 is 14.2 Å². The van der Waals surface area contributed by atoms with Gasteiger partial charge in [0.1, 0.15) is 17.1 Å². The minimum absolute atomic E-state index is 0.0362. The fourth-order valence-corrected chi connectivity index (χ4v) is 10.4. The summed E-state index contributed by atoms with van der Waals surface area (Å²) in [5, 5.41) is 23.2. The number of carbonyl (C=O) groups excluding carboxylic acids is 1. The lowest BCUT2D eigenvalue weighted by molar-refractivity contribution is -0.386. The predicted molar refractivity (Wildman–Crippen MR) is 231 cm³/mol. The summed E-state index contributed by atoms with van der Waals surface area (Å²) in [6, 6.07) is 21.9. The zero-order valence-electron chi connectivity index (χ0n) is 34.2. The average molecular weight is 846 g/mol. The number of pyridine rings is 1. The first-order valence-corrected chi connectivity index (χ1v) is 22.9. The third-order valence-electron chi connectivity index (χ3n) is 13.0. The summed E-state index contributed by atoms with van der Waals surface area (Å²) in [5.41, 5.74) is 4.36. The number of aromatic nitrogens is 2. The monoisotopic (exact) mass is 845 g/mol. The van der Waals surface area contributed by atoms with Crippen molar-refractivity contribution in [3.05, 3.63) is 124 Å². The lowest BCUT2D eigenvalue weighted by atomic mass is 9.80. The summed E-state index contributed by atoms with van der Waals surface area (Å²) in [7, 11) is -4.59. The van der Waals surface area contributed by atoms with Crippen LogP contribution in [0.3, 0.4) is 0 Å². The van der Waals surface area contributed by atoms with Gasteiger partial charge in [-0.1, -0.05) is 36.4 Å². The number of carbonyl (C=O) groups is 1. The van der Waals surface area contributed by atoms with E-state index in [4.69, 9.17) is 9.47 Å². The van der Waals surface area contributed by atoms with Gasteiger partial charge in [0, 0.05) is 29.7 Å². The number of fused-ring (bicyclic) bond motifs is 1. The van der Waals surface area contributed by atoms with Gasteiger partial charge in [0.2, 0.25) is 0 Å². The summed E-state index contributed by atoms with van der Waals surface area (Å²) in [4.78, 5) is 35.0. The first-order chi connectivity index (χ1) is 29.4. The Bertz CT molecular complexity index is 2610. The maximum Gasteiger partial charge on any atom is 0.312 e. The minimum Gasteiger partial charge on any atom is -0.487 e. The van der Waals surface area contributed by atoms with Gasteiger partial charge in [-0.15, -0.1) is 0 Å². The second-order valence-corrected chi connectivity index (χ2v) is 19.1. The number of hydrogen-bond acceptors (Lipinski definition) is 10. The molecule has 3 aliphatic carbocycles. The van der Waals surface area contributed by atoms with Crippen LogP contribution in [0.2, 0.25) is 0 Å². The number of nitrogens with one attached hydrogen (secondary N) is 2. The molecule has 13 nitrogen and oxygen atoms in total. The number of hydrogen-bond donors (Lipinski definition) is 3. The van der Waals surface area contributed by atoms with E-state index in [0.717, 1.165) is 48.4 Å². The SMILES string of the molecule is CC1(O)CCC(COc2ccc(S(=O)(=O)NC(=O)c3ccc(C4=CCC(N5CCC[C@H]5c5ccccc5C5CC5)CC4)cc3Oc3cnc4[nH]ccc4c3)cc2[N+](=O)[O-])CC1. The number of ether oxygens (including phenoxy) is 2. The van der Waals surface area contributed by atoms with Crippen molar-refractivity contribution in [2.75, 3.05) is 13.2 Å². The highest BCUT2D eigenvalue weighted by molar-refractivity contribution is 7.90. The number of rotatable bonds is 13. The summed E-state index contributed by atoms with van der Waals surface area (Å²) in [6.45, 7) is 3.07. The Balaban J connectivity index is 0.942. The van der Waals surface area contributed by atoms with Crippen molar-refractivity contribution in [1.82, 2.24) is 19.6 Å². The van der Waals surface area contributed by atoms with E-state index >= 15 is 0 Å². The molecule has 1 amide bonds. The third kappa shape index (κ3) is 8.93. The lowest BCUT2D eigenvalue weighted by Gasteiger charge is -2.36. The van der Waals surface area contributed by atoms with Crippen molar-refractivity contribution in [2.45, 2.75) is 106 Å². The largest absolute Gasteiger partial charge is 0.487 e. The summed E-state index contributed by atoms with van der Waals surface area (Å²) < 4.78 is 41.6. The molecule has 3 heterocycles. The van der Waals surface area contributed by atoms with Crippen molar-refractivity contribution in [2.24, 2.45) is 5.92 Å². The standard InChI is InChI=1S/C47H51N5O8S/c1-47(54)21-18-30(19-22-47)29-59-43-17-15-37(27-42(43)52(55)56)61(57,58)50-46(53)40-16-12-33(26-44(40)60-36-25-34-20-23-48-45(34)49-28-36)31-10-13-35(14-11-31)51-24-4-7-41(51)39-6-3-2-5-38(39)32-8-9-32/h2-3,5-6,10,12,15-17,20,23,25-28,30,32,35,41,54H,4,7-9,11,13-14,18-19,21-22,24,29H2,1H3,(H,48,49)(H,50,53)/t30?,35?,41-,47?/m0/s1. The number of nitro groups is 1. The Kier molecular flexibility index (Phi) is 11.2. The van der Waals surface area contributed by atoms with Crippen LogP contribution in [-0.4, -0.2) is 64.0 Å². The van der Waals surface area contributed by atoms with Crippen molar-refractivity contribution < 1.29 is 32.7 Å². The quantitative estimate of drug-likeness (QED) is 0.0764. The van der Waals surface area contributed by atoms with E-state index in [2.05, 4.69) is 49.9 Å². The van der Waals surface area contributed by atoms with Crippen LogP contribution in [0.5, 0.6) is 17.2 Å². The van der Waals surface area contributed by atoms with E-state index in [0.29, 0.717) is 55.1 Å².